The van der Waals surface area contributed by atoms with Crippen LogP contribution >= 0.6 is 0 Å². The topological polar surface area (TPSA) is 98.0 Å². The van der Waals surface area contributed by atoms with Crippen molar-refractivity contribution in [2.24, 2.45) is 0 Å². The zero-order valence-electron chi connectivity index (χ0n) is 16.3. The fourth-order valence-electron chi connectivity index (χ4n) is 3.39. The van der Waals surface area contributed by atoms with E-state index in [1.807, 2.05) is 30.3 Å². The van der Waals surface area contributed by atoms with E-state index in [1.54, 1.807) is 37.6 Å². The van der Waals surface area contributed by atoms with Gasteiger partial charge in [-0.15, -0.1) is 0 Å². The van der Waals surface area contributed by atoms with E-state index in [0.717, 1.165) is 17.5 Å². The van der Waals surface area contributed by atoms with Crippen molar-refractivity contribution < 1.29 is 28.6 Å². The summed E-state index contributed by atoms with van der Waals surface area (Å²) in [7, 11) is 1.55. The van der Waals surface area contributed by atoms with Crippen LogP contribution in [0.1, 0.15) is 34.2 Å². The quantitative estimate of drug-likeness (QED) is 0.618. The molecular weight excluding hydrogens is 386 g/mol. The van der Waals surface area contributed by atoms with Gasteiger partial charge in [0.1, 0.15) is 23.5 Å². The summed E-state index contributed by atoms with van der Waals surface area (Å²) in [6, 6.07) is 13.2. The summed E-state index contributed by atoms with van der Waals surface area (Å²) >= 11 is 0. The molecule has 154 valence electrons. The van der Waals surface area contributed by atoms with Crippen molar-refractivity contribution in [1.29, 1.82) is 0 Å². The van der Waals surface area contributed by atoms with Gasteiger partial charge in [-0.3, -0.25) is 4.79 Å². The number of aliphatic carboxylic acids is 1. The lowest BCUT2D eigenvalue weighted by atomic mass is 10.0. The molecule has 4 rings (SSSR count). The Morgan fingerprint density at radius 2 is 2.00 bits per heavy atom. The molecule has 0 aliphatic carbocycles. The van der Waals surface area contributed by atoms with E-state index < -0.39 is 17.9 Å². The number of ether oxygens (including phenoxy) is 2. The monoisotopic (exact) mass is 407 g/mol. The number of hydrogen-bond acceptors (Lipinski definition) is 5. The highest BCUT2D eigenvalue weighted by Crippen LogP contribution is 2.27. The first-order valence-electron chi connectivity index (χ1n) is 9.54. The maximum absolute atomic E-state index is 12.6. The van der Waals surface area contributed by atoms with Gasteiger partial charge in [-0.2, -0.15) is 0 Å². The average Bonchev–Trinajstić information content (AvgIpc) is 3.43. The second-order valence-corrected chi connectivity index (χ2v) is 7.06. The van der Waals surface area contributed by atoms with Gasteiger partial charge in [0.15, 0.2) is 5.76 Å². The standard InChI is InChI=1S/C23H21NO6/c1-28-17-8-9-20-16(12-17)13-21(30-20)22(25)24-18(23(26)27)11-14-4-6-15(7-5-14)19-3-2-10-29-19/h2,4-10,12-13,18-19H,3,11H2,1H3,(H,24,25)(H,26,27)/t18-,19?/m0/s1. The largest absolute Gasteiger partial charge is 0.497 e. The van der Waals surface area contributed by atoms with Crippen LogP contribution < -0.4 is 10.1 Å². The highest BCUT2D eigenvalue weighted by molar-refractivity contribution is 5.98. The molecule has 7 nitrogen and oxygen atoms in total. The Morgan fingerprint density at radius 3 is 2.67 bits per heavy atom. The predicted octanol–water partition coefficient (Wildman–Crippen LogP) is 3.84. The minimum Gasteiger partial charge on any atom is -0.497 e. The van der Waals surface area contributed by atoms with Crippen LogP contribution in [0.2, 0.25) is 0 Å². The molecule has 30 heavy (non-hydrogen) atoms. The molecule has 0 radical (unpaired) electrons. The fourth-order valence-corrected chi connectivity index (χ4v) is 3.39. The molecule has 0 saturated carbocycles. The van der Waals surface area contributed by atoms with Crippen molar-refractivity contribution in [3.63, 3.8) is 0 Å². The molecule has 1 amide bonds. The molecule has 2 heterocycles. The SMILES string of the molecule is COc1ccc2oc(C(=O)N[C@@H](Cc3ccc(C4CC=CO4)cc3)C(=O)O)cc2c1. The molecule has 1 aromatic heterocycles. The van der Waals surface area contributed by atoms with Gasteiger partial charge in [0.05, 0.1) is 13.4 Å². The first-order chi connectivity index (χ1) is 14.5. The summed E-state index contributed by atoms with van der Waals surface area (Å²) in [6.45, 7) is 0. The van der Waals surface area contributed by atoms with E-state index in [0.29, 0.717) is 16.7 Å². The minimum atomic E-state index is -1.12. The number of benzene rings is 2. The van der Waals surface area contributed by atoms with E-state index >= 15 is 0 Å². The Kier molecular flexibility index (Phi) is 5.43. The summed E-state index contributed by atoms with van der Waals surface area (Å²) < 4.78 is 16.2. The van der Waals surface area contributed by atoms with Gasteiger partial charge in [-0.25, -0.2) is 4.79 Å². The van der Waals surface area contributed by atoms with E-state index in [-0.39, 0.29) is 18.3 Å². The fraction of sp³-hybridized carbons (Fsp3) is 0.217. The number of fused-ring (bicyclic) bond motifs is 1. The van der Waals surface area contributed by atoms with Crippen molar-refractivity contribution in [2.75, 3.05) is 7.11 Å². The van der Waals surface area contributed by atoms with Gasteiger partial charge < -0.3 is 24.3 Å². The molecular formula is C23H21NO6. The number of nitrogens with one attached hydrogen (secondary N) is 1. The number of furan rings is 1. The van der Waals surface area contributed by atoms with Gasteiger partial charge in [0.25, 0.3) is 5.91 Å². The Bertz CT molecular complexity index is 1090. The predicted molar refractivity (Wildman–Crippen MR) is 109 cm³/mol. The number of rotatable bonds is 7. The molecule has 0 bridgehead atoms. The highest BCUT2D eigenvalue weighted by Gasteiger charge is 2.23. The molecule has 0 saturated heterocycles. The number of amides is 1. The van der Waals surface area contributed by atoms with Crippen LogP contribution in [0, 0.1) is 0 Å². The van der Waals surface area contributed by atoms with Crippen molar-refractivity contribution in [3.05, 3.63) is 77.8 Å². The molecule has 2 aromatic carbocycles. The second-order valence-electron chi connectivity index (χ2n) is 7.06. The third-order valence-electron chi connectivity index (χ3n) is 5.03. The van der Waals surface area contributed by atoms with Gasteiger partial charge in [0, 0.05) is 18.2 Å². The summed E-state index contributed by atoms with van der Waals surface area (Å²) in [6.07, 6.45) is 4.61. The first-order valence-corrected chi connectivity index (χ1v) is 9.54. The molecule has 0 fully saturated rings. The van der Waals surface area contributed by atoms with Crippen LogP contribution in [0.3, 0.4) is 0 Å². The number of carboxylic acid groups (broad SMARTS) is 1. The highest BCUT2D eigenvalue weighted by atomic mass is 16.5. The number of carboxylic acids is 1. The van der Waals surface area contributed by atoms with Crippen LogP contribution in [-0.4, -0.2) is 30.1 Å². The average molecular weight is 407 g/mol. The third-order valence-corrected chi connectivity index (χ3v) is 5.03. The minimum absolute atomic E-state index is 0.000678. The van der Waals surface area contributed by atoms with E-state index in [4.69, 9.17) is 13.9 Å². The van der Waals surface area contributed by atoms with E-state index in [9.17, 15) is 14.7 Å². The number of carbonyl (C=O) groups excluding carboxylic acids is 1. The normalized spacial score (nSPS) is 16.2. The summed E-state index contributed by atoms with van der Waals surface area (Å²) in [4.78, 5) is 24.3. The lowest BCUT2D eigenvalue weighted by Crippen LogP contribution is -2.42. The smallest absolute Gasteiger partial charge is 0.326 e. The zero-order chi connectivity index (χ0) is 21.1. The van der Waals surface area contributed by atoms with Crippen molar-refractivity contribution in [2.45, 2.75) is 25.0 Å². The van der Waals surface area contributed by atoms with Crippen molar-refractivity contribution in [1.82, 2.24) is 5.32 Å². The number of methoxy groups -OCH3 is 1. The van der Waals surface area contributed by atoms with Gasteiger partial charge in [0.2, 0.25) is 0 Å². The molecule has 2 N–H and O–H groups in total. The van der Waals surface area contributed by atoms with Crippen LogP contribution in [0.25, 0.3) is 11.0 Å². The van der Waals surface area contributed by atoms with E-state index in [1.165, 1.54) is 0 Å². The molecule has 1 unspecified atom stereocenters. The van der Waals surface area contributed by atoms with Crippen molar-refractivity contribution in [3.8, 4) is 5.75 Å². The van der Waals surface area contributed by atoms with Gasteiger partial charge >= 0.3 is 5.97 Å². The van der Waals surface area contributed by atoms with Crippen LogP contribution in [-0.2, 0) is 16.0 Å². The second kappa shape index (κ2) is 8.32. The van der Waals surface area contributed by atoms with Crippen molar-refractivity contribution >= 4 is 22.8 Å². The van der Waals surface area contributed by atoms with Crippen LogP contribution in [0.4, 0.5) is 0 Å². The zero-order valence-corrected chi connectivity index (χ0v) is 16.3. The molecule has 1 aliphatic rings. The van der Waals surface area contributed by atoms with Crippen LogP contribution in [0.5, 0.6) is 5.75 Å². The Hall–Kier alpha value is -3.74. The lowest BCUT2D eigenvalue weighted by Gasteiger charge is -2.15. The summed E-state index contributed by atoms with van der Waals surface area (Å²) in [5, 5.41) is 12.8. The Labute approximate surface area is 172 Å². The third kappa shape index (κ3) is 4.15. The van der Waals surface area contributed by atoms with Gasteiger partial charge in [-0.1, -0.05) is 24.3 Å². The molecule has 7 heteroatoms. The van der Waals surface area contributed by atoms with Crippen LogP contribution in [0.15, 0.2) is 65.3 Å². The van der Waals surface area contributed by atoms with Gasteiger partial charge in [-0.05, 0) is 41.5 Å². The molecule has 0 spiro atoms. The Morgan fingerprint density at radius 1 is 1.20 bits per heavy atom. The van der Waals surface area contributed by atoms with E-state index in [2.05, 4.69) is 5.32 Å². The summed E-state index contributed by atoms with van der Waals surface area (Å²) in [5.41, 5.74) is 2.34. The first kappa shape index (κ1) is 19.6. The maximum atomic E-state index is 12.6. The Balaban J connectivity index is 1.45. The number of carbonyl (C=O) groups is 2. The molecule has 3 aromatic rings. The lowest BCUT2D eigenvalue weighted by molar-refractivity contribution is -0.139. The summed E-state index contributed by atoms with van der Waals surface area (Å²) in [5.74, 6) is -1.01. The maximum Gasteiger partial charge on any atom is 0.326 e. The molecule has 1 aliphatic heterocycles. The molecule has 2 atom stereocenters. The number of hydrogen-bond donors (Lipinski definition) is 2.